The van der Waals surface area contributed by atoms with Crippen molar-refractivity contribution in [2.24, 2.45) is 0 Å². The first-order chi connectivity index (χ1) is 15.9. The Hall–Kier alpha value is -3.63. The fraction of sp³-hybridized carbons (Fsp3) is 0.261. The van der Waals surface area contributed by atoms with Gasteiger partial charge in [-0.05, 0) is 35.9 Å². The molecule has 0 fully saturated rings. The molecule has 1 atom stereocenters. The van der Waals surface area contributed by atoms with Gasteiger partial charge in [-0.15, -0.1) is 0 Å². The number of alkyl halides is 6. The average molecular weight is 484 g/mol. The number of amides is 1. The van der Waals surface area contributed by atoms with Gasteiger partial charge in [-0.3, -0.25) is 9.78 Å². The molecule has 11 heteroatoms. The lowest BCUT2D eigenvalue weighted by Gasteiger charge is -2.18. The maximum absolute atomic E-state index is 13.1. The number of fused-ring (bicyclic) bond motifs is 1. The van der Waals surface area contributed by atoms with Crippen LogP contribution < -0.4 is 5.32 Å². The first-order valence-corrected chi connectivity index (χ1v) is 9.87. The number of carbonyl (C=O) groups is 2. The molecule has 3 aromatic rings. The maximum Gasteiger partial charge on any atom is 0.416 e. The second-order valence-corrected chi connectivity index (χ2v) is 7.43. The molecule has 0 aliphatic heterocycles. The maximum atomic E-state index is 13.1. The molecule has 34 heavy (non-hydrogen) atoms. The van der Waals surface area contributed by atoms with Crippen LogP contribution in [0.2, 0.25) is 0 Å². The summed E-state index contributed by atoms with van der Waals surface area (Å²) in [5, 5.41) is 3.16. The zero-order valence-corrected chi connectivity index (χ0v) is 17.6. The van der Waals surface area contributed by atoms with Gasteiger partial charge in [0.15, 0.2) is 0 Å². The zero-order valence-electron chi connectivity index (χ0n) is 17.6. The number of halogens is 6. The Labute approximate surface area is 189 Å². The van der Waals surface area contributed by atoms with E-state index in [4.69, 9.17) is 0 Å². The third-order valence-corrected chi connectivity index (χ3v) is 4.90. The fourth-order valence-corrected chi connectivity index (χ4v) is 3.32. The van der Waals surface area contributed by atoms with Crippen LogP contribution in [0, 0.1) is 0 Å². The molecule has 0 aliphatic rings. The summed E-state index contributed by atoms with van der Waals surface area (Å²) in [6.45, 7) is 0. The summed E-state index contributed by atoms with van der Waals surface area (Å²) in [4.78, 5) is 29.0. The lowest BCUT2D eigenvalue weighted by Crippen LogP contribution is -2.43. The van der Waals surface area contributed by atoms with E-state index in [0.29, 0.717) is 23.3 Å². The molecule has 2 aromatic carbocycles. The van der Waals surface area contributed by atoms with Gasteiger partial charge in [0.1, 0.15) is 6.04 Å². The van der Waals surface area contributed by atoms with Crippen molar-refractivity contribution in [3.8, 4) is 0 Å². The number of rotatable bonds is 6. The fourth-order valence-electron chi connectivity index (χ4n) is 3.32. The summed E-state index contributed by atoms with van der Waals surface area (Å²) in [5.74, 6) is -1.80. The molecule has 180 valence electrons. The number of nitrogens with one attached hydrogen (secondary N) is 1. The molecule has 0 bridgehead atoms. The van der Waals surface area contributed by atoms with Crippen LogP contribution in [0.25, 0.3) is 10.9 Å². The van der Waals surface area contributed by atoms with Crippen LogP contribution in [-0.4, -0.2) is 30.0 Å². The van der Waals surface area contributed by atoms with Crippen LogP contribution in [0.5, 0.6) is 0 Å². The number of para-hydroxylation sites is 1. The van der Waals surface area contributed by atoms with Gasteiger partial charge >= 0.3 is 18.3 Å². The van der Waals surface area contributed by atoms with Crippen molar-refractivity contribution in [3.63, 3.8) is 0 Å². The molecule has 1 heterocycles. The second-order valence-electron chi connectivity index (χ2n) is 7.43. The minimum absolute atomic E-state index is 0.0238. The Bertz CT molecular complexity index is 1180. The molecule has 5 nitrogen and oxygen atoms in total. The lowest BCUT2D eigenvalue weighted by atomic mass is 10.0. The van der Waals surface area contributed by atoms with Gasteiger partial charge in [0.25, 0.3) is 0 Å². The van der Waals surface area contributed by atoms with Crippen LogP contribution in [0.1, 0.15) is 22.4 Å². The molecule has 0 radical (unpaired) electrons. The third kappa shape index (κ3) is 6.24. The minimum Gasteiger partial charge on any atom is -0.467 e. The monoisotopic (exact) mass is 484 g/mol. The van der Waals surface area contributed by atoms with Crippen molar-refractivity contribution in [2.45, 2.75) is 31.2 Å². The summed E-state index contributed by atoms with van der Waals surface area (Å²) >= 11 is 0. The van der Waals surface area contributed by atoms with Crippen molar-refractivity contribution in [1.29, 1.82) is 0 Å². The smallest absolute Gasteiger partial charge is 0.416 e. The number of ether oxygens (including phenoxy) is 1. The number of esters is 1. The Morgan fingerprint density at radius 2 is 1.56 bits per heavy atom. The Kier molecular flexibility index (Phi) is 7.13. The number of benzene rings is 2. The number of methoxy groups -OCH3 is 1. The number of pyridine rings is 1. The summed E-state index contributed by atoms with van der Waals surface area (Å²) in [5.41, 5.74) is -2.51. The van der Waals surface area contributed by atoms with Crippen molar-refractivity contribution in [3.05, 3.63) is 77.0 Å². The van der Waals surface area contributed by atoms with Crippen LogP contribution in [0.4, 0.5) is 26.3 Å². The molecule has 0 aliphatic carbocycles. The van der Waals surface area contributed by atoms with E-state index in [1.807, 2.05) is 12.1 Å². The molecular formula is C23H18F6N2O3. The number of nitrogens with zero attached hydrogens (tertiary/aromatic N) is 1. The predicted molar refractivity (Wildman–Crippen MR) is 110 cm³/mol. The standard InChI is InChI=1S/C23H18F6N2O3/c1-34-21(33)19(12-17-7-6-14-4-2-3-5-18(14)30-17)31-20(32)10-13-8-15(22(24,25)26)11-16(9-13)23(27,28)29/h2-9,11,19H,10,12H2,1H3,(H,31,32)/t19-/m0/s1. The molecule has 0 spiro atoms. The van der Waals surface area contributed by atoms with E-state index in [9.17, 15) is 35.9 Å². The largest absolute Gasteiger partial charge is 0.467 e. The van der Waals surface area contributed by atoms with Crippen molar-refractivity contribution >= 4 is 22.8 Å². The highest BCUT2D eigenvalue weighted by molar-refractivity contribution is 5.86. The molecule has 1 aromatic heterocycles. The first-order valence-electron chi connectivity index (χ1n) is 9.87. The Morgan fingerprint density at radius 3 is 2.15 bits per heavy atom. The van der Waals surface area contributed by atoms with Gasteiger partial charge in [0.2, 0.25) is 5.91 Å². The number of carbonyl (C=O) groups excluding carboxylic acids is 2. The highest BCUT2D eigenvalue weighted by Gasteiger charge is 2.37. The minimum atomic E-state index is -5.04. The van der Waals surface area contributed by atoms with Gasteiger partial charge in [-0.2, -0.15) is 26.3 Å². The van der Waals surface area contributed by atoms with Gasteiger partial charge in [-0.25, -0.2) is 4.79 Å². The van der Waals surface area contributed by atoms with Crippen LogP contribution in [0.15, 0.2) is 54.6 Å². The van der Waals surface area contributed by atoms with Crippen LogP contribution in [-0.2, 0) is 39.5 Å². The quantitative estimate of drug-likeness (QED) is 0.406. The summed E-state index contributed by atoms with van der Waals surface area (Å²) in [6.07, 6.45) is -11.0. The molecule has 0 unspecified atom stereocenters. The van der Waals surface area contributed by atoms with Gasteiger partial charge < -0.3 is 10.1 Å². The lowest BCUT2D eigenvalue weighted by molar-refractivity contribution is -0.145. The topological polar surface area (TPSA) is 68.3 Å². The van der Waals surface area contributed by atoms with Crippen LogP contribution >= 0.6 is 0 Å². The highest BCUT2D eigenvalue weighted by Crippen LogP contribution is 2.36. The molecular weight excluding hydrogens is 466 g/mol. The van der Waals surface area contributed by atoms with Crippen molar-refractivity contribution < 1.29 is 40.7 Å². The third-order valence-electron chi connectivity index (χ3n) is 4.90. The molecule has 1 amide bonds. The van der Waals surface area contributed by atoms with E-state index in [2.05, 4.69) is 15.0 Å². The number of hydrogen-bond donors (Lipinski definition) is 1. The van der Waals surface area contributed by atoms with E-state index in [0.717, 1.165) is 12.5 Å². The van der Waals surface area contributed by atoms with Gasteiger partial charge in [0, 0.05) is 17.5 Å². The van der Waals surface area contributed by atoms with Crippen LogP contribution in [0.3, 0.4) is 0 Å². The molecule has 1 N–H and O–H groups in total. The number of hydrogen-bond acceptors (Lipinski definition) is 4. The predicted octanol–water partition coefficient (Wildman–Crippen LogP) is 4.72. The first kappa shape index (κ1) is 25.0. The van der Waals surface area contributed by atoms with Gasteiger partial charge in [0.05, 0.1) is 30.2 Å². The summed E-state index contributed by atoms with van der Waals surface area (Å²) in [7, 11) is 1.08. The molecule has 3 rings (SSSR count). The number of aromatic nitrogens is 1. The molecule has 0 saturated heterocycles. The Morgan fingerprint density at radius 1 is 0.941 bits per heavy atom. The van der Waals surface area contributed by atoms with Crippen molar-refractivity contribution in [1.82, 2.24) is 10.3 Å². The zero-order chi connectivity index (χ0) is 25.1. The van der Waals surface area contributed by atoms with Gasteiger partial charge in [-0.1, -0.05) is 24.3 Å². The van der Waals surface area contributed by atoms with E-state index < -0.39 is 53.4 Å². The van der Waals surface area contributed by atoms with E-state index in [1.165, 1.54) is 0 Å². The normalized spacial score (nSPS) is 12.9. The highest BCUT2D eigenvalue weighted by atomic mass is 19.4. The van der Waals surface area contributed by atoms with E-state index in [1.54, 1.807) is 24.3 Å². The van der Waals surface area contributed by atoms with Crippen molar-refractivity contribution in [2.75, 3.05) is 7.11 Å². The van der Waals surface area contributed by atoms with E-state index >= 15 is 0 Å². The SMILES string of the molecule is COC(=O)[C@H](Cc1ccc2ccccc2n1)NC(=O)Cc1cc(C(F)(F)F)cc(C(F)(F)F)c1. The second kappa shape index (κ2) is 9.70. The Balaban J connectivity index is 1.81. The van der Waals surface area contributed by atoms with E-state index in [-0.39, 0.29) is 12.5 Å². The summed E-state index contributed by atoms with van der Waals surface area (Å²) in [6, 6.07) is 10.2. The molecule has 0 saturated carbocycles. The summed E-state index contributed by atoms with van der Waals surface area (Å²) < 4.78 is 83.0. The average Bonchev–Trinajstić information content (AvgIpc) is 2.76.